The van der Waals surface area contributed by atoms with Crippen LogP contribution in [0.25, 0.3) is 11.1 Å². The highest BCUT2D eigenvalue weighted by Crippen LogP contribution is 2.38. The number of benzene rings is 1. The third kappa shape index (κ3) is 10.7. The molecular weight excluding hydrogens is 552 g/mol. The number of carbonyl (C=O) groups excluding carboxylic acids is 1. The molecule has 8 N–H and O–H groups in total. The van der Waals surface area contributed by atoms with Crippen molar-refractivity contribution in [3.8, 4) is 11.1 Å². The Balaban J connectivity index is 0.000000478. The van der Waals surface area contributed by atoms with Gasteiger partial charge >= 0.3 is 21.2 Å². The van der Waals surface area contributed by atoms with Crippen LogP contribution in [0.2, 0.25) is 0 Å². The van der Waals surface area contributed by atoms with Gasteiger partial charge in [-0.15, -0.1) is 11.3 Å². The molecule has 0 bridgehead atoms. The summed E-state index contributed by atoms with van der Waals surface area (Å²) in [7, 11) is -4.17. The lowest BCUT2D eigenvalue weighted by atomic mass is 10.0. The second-order valence-electron chi connectivity index (χ2n) is 9.62. The Morgan fingerprint density at radius 2 is 1.88 bits per heavy atom. The third-order valence-corrected chi connectivity index (χ3v) is 7.97. The molecule has 2 heterocycles. The summed E-state index contributed by atoms with van der Waals surface area (Å²) in [6.07, 6.45) is 7.19. The van der Waals surface area contributed by atoms with Crippen LogP contribution in [0.15, 0.2) is 42.7 Å². The molecule has 0 aliphatic carbocycles. The van der Waals surface area contributed by atoms with Gasteiger partial charge in [0.05, 0.1) is 0 Å². The van der Waals surface area contributed by atoms with Crippen molar-refractivity contribution in [3.63, 3.8) is 0 Å². The largest absolute Gasteiger partial charge is 0.480 e. The normalized spacial score (nSPS) is 11.9. The minimum atomic E-state index is -4.17. The van der Waals surface area contributed by atoms with Crippen molar-refractivity contribution in [1.82, 2.24) is 15.3 Å². The van der Waals surface area contributed by atoms with Crippen LogP contribution in [0.1, 0.15) is 56.3 Å². The van der Waals surface area contributed by atoms with Crippen molar-refractivity contribution in [2.24, 2.45) is 17.4 Å². The van der Waals surface area contributed by atoms with Gasteiger partial charge in [-0.05, 0) is 55.8 Å². The number of aliphatic carboxylic acids is 1. The smallest absolute Gasteiger partial charge is 0.357 e. The summed E-state index contributed by atoms with van der Waals surface area (Å²) in [5.74, 6) is 0.380. The minimum Gasteiger partial charge on any atom is -0.480 e. The van der Waals surface area contributed by atoms with Crippen molar-refractivity contribution >= 4 is 37.6 Å². The van der Waals surface area contributed by atoms with E-state index >= 15 is 0 Å². The average molecular weight is 593 g/mol. The summed E-state index contributed by atoms with van der Waals surface area (Å²) >= 11 is 1.37. The predicted octanol–water partition coefficient (Wildman–Crippen LogP) is 3.93. The summed E-state index contributed by atoms with van der Waals surface area (Å²) < 4.78 is 27.3. The topological polar surface area (TPSA) is 193 Å². The van der Waals surface area contributed by atoms with Crippen molar-refractivity contribution in [3.05, 3.63) is 59.0 Å². The molecule has 1 aromatic carbocycles. The van der Waals surface area contributed by atoms with Crippen LogP contribution in [0.4, 0.5) is 9.80 Å². The van der Waals surface area contributed by atoms with E-state index in [0.29, 0.717) is 30.3 Å². The first-order valence-electron chi connectivity index (χ1n) is 13.2. The van der Waals surface area contributed by atoms with E-state index in [9.17, 15) is 18.0 Å². The molecule has 1 atom stereocenters. The molecule has 3 aromatic rings. The number of thiophene rings is 1. The van der Waals surface area contributed by atoms with E-state index in [0.717, 1.165) is 46.7 Å². The first-order chi connectivity index (χ1) is 19.0. The summed E-state index contributed by atoms with van der Waals surface area (Å²) in [6.45, 7) is 6.75. The number of amides is 1. The van der Waals surface area contributed by atoms with Gasteiger partial charge in [0.1, 0.15) is 16.9 Å². The molecule has 0 radical (unpaired) electrons. The zero-order valence-corrected chi connectivity index (χ0v) is 24.8. The van der Waals surface area contributed by atoms with Gasteiger partial charge in [0.15, 0.2) is 0 Å². The van der Waals surface area contributed by atoms with Gasteiger partial charge in [-0.1, -0.05) is 44.5 Å². The van der Waals surface area contributed by atoms with Crippen molar-refractivity contribution in [2.75, 3.05) is 17.8 Å². The molecule has 1 amide bonds. The zero-order chi connectivity index (χ0) is 29.7. The number of H-pyrrole nitrogens is 1. The maximum Gasteiger partial charge on any atom is 0.357 e. The number of nitrogens with zero attached hydrogens (tertiary/aromatic N) is 1. The van der Waals surface area contributed by atoms with E-state index in [2.05, 4.69) is 33.9 Å². The number of carboxylic acids is 1. The number of anilines is 1. The number of rotatable bonds is 13. The molecule has 0 aliphatic heterocycles. The SMILES string of the molecule is CCNC(=O)S(=O)(=O)Nc1sc(CC(C)C)cc1-c1ccc(Cc2ncc[nH]2)cc1.NCCCC[C@H](N)C(=O)O. The molecular formula is C27H40N6O5S2. The van der Waals surface area contributed by atoms with Crippen LogP contribution >= 0.6 is 11.3 Å². The molecule has 0 saturated heterocycles. The van der Waals surface area contributed by atoms with Crippen LogP contribution in [-0.4, -0.2) is 53.8 Å². The number of nitrogens with two attached hydrogens (primary N) is 2. The van der Waals surface area contributed by atoms with Gasteiger partial charge < -0.3 is 26.9 Å². The van der Waals surface area contributed by atoms with Gasteiger partial charge in [-0.25, -0.2) is 4.98 Å². The van der Waals surface area contributed by atoms with Crippen LogP contribution in [0.5, 0.6) is 0 Å². The fraction of sp³-hybridized carbons (Fsp3) is 0.444. The van der Waals surface area contributed by atoms with Crippen LogP contribution in [-0.2, 0) is 27.7 Å². The van der Waals surface area contributed by atoms with E-state index in [4.69, 9.17) is 16.6 Å². The average Bonchev–Trinajstić information content (AvgIpc) is 3.54. The second kappa shape index (κ2) is 16.1. The Morgan fingerprint density at radius 1 is 1.18 bits per heavy atom. The van der Waals surface area contributed by atoms with E-state index < -0.39 is 27.3 Å². The lowest BCUT2D eigenvalue weighted by Crippen LogP contribution is -2.33. The van der Waals surface area contributed by atoms with Crippen molar-refractivity contribution in [1.29, 1.82) is 0 Å². The first-order valence-corrected chi connectivity index (χ1v) is 15.5. The Morgan fingerprint density at radius 3 is 2.42 bits per heavy atom. The van der Waals surface area contributed by atoms with Crippen LogP contribution in [0, 0.1) is 5.92 Å². The number of sulfonamides is 1. The van der Waals surface area contributed by atoms with Gasteiger partial charge in [-0.2, -0.15) is 8.42 Å². The minimum absolute atomic E-state index is 0.243. The number of aromatic amines is 1. The van der Waals surface area contributed by atoms with Gasteiger partial charge in [0.25, 0.3) is 0 Å². The molecule has 0 unspecified atom stereocenters. The Hall–Kier alpha value is -3.26. The molecule has 0 fully saturated rings. The van der Waals surface area contributed by atoms with E-state index in [-0.39, 0.29) is 6.54 Å². The molecule has 0 spiro atoms. The molecule has 220 valence electrons. The maximum atomic E-state index is 12.4. The number of hydrogen-bond acceptors (Lipinski definition) is 8. The van der Waals surface area contributed by atoms with Gasteiger partial charge in [0, 0.05) is 35.8 Å². The molecule has 0 aliphatic rings. The number of imidazole rings is 1. The monoisotopic (exact) mass is 592 g/mol. The van der Waals surface area contributed by atoms with Crippen molar-refractivity contribution in [2.45, 2.75) is 58.9 Å². The molecule has 2 aromatic heterocycles. The Labute approximate surface area is 239 Å². The van der Waals surface area contributed by atoms with Crippen LogP contribution < -0.4 is 21.5 Å². The van der Waals surface area contributed by atoms with E-state index in [1.165, 1.54) is 11.3 Å². The fourth-order valence-electron chi connectivity index (χ4n) is 3.67. The number of unbranched alkanes of at least 4 members (excludes halogenated alkanes) is 1. The predicted molar refractivity (Wildman–Crippen MR) is 160 cm³/mol. The van der Waals surface area contributed by atoms with E-state index in [1.54, 1.807) is 19.3 Å². The number of carbonyl (C=O) groups is 2. The van der Waals surface area contributed by atoms with Gasteiger partial charge in [-0.3, -0.25) is 14.3 Å². The summed E-state index contributed by atoms with van der Waals surface area (Å²) in [4.78, 5) is 30.5. The zero-order valence-electron chi connectivity index (χ0n) is 23.1. The standard InChI is InChI=1S/C21H26N4O3S2.C6H14N2O2/c1-4-22-21(26)30(27,28)25-20-18(13-17(29-20)11-14(2)3)16-7-5-15(6-8-16)12-19-23-9-10-24-19;7-4-2-1-3-5(8)6(9)10/h5-10,13-14,25H,4,11-12H2,1-3H3,(H,22,26)(H,23,24);5H,1-4,7-8H2,(H,9,10)/t;5-/m.0/s1. The quantitative estimate of drug-likeness (QED) is 0.161. The number of nitrogens with one attached hydrogen (secondary N) is 3. The lowest BCUT2D eigenvalue weighted by Gasteiger charge is -2.09. The Kier molecular flexibility index (Phi) is 13.3. The molecule has 40 heavy (non-hydrogen) atoms. The Bertz CT molecular complexity index is 1310. The number of hydrogen-bond donors (Lipinski definition) is 6. The highest BCUT2D eigenvalue weighted by Gasteiger charge is 2.24. The molecule has 3 rings (SSSR count). The van der Waals surface area contributed by atoms with Crippen LogP contribution in [0.3, 0.4) is 0 Å². The summed E-state index contributed by atoms with van der Waals surface area (Å²) in [5, 5.41) is 10.1. The first kappa shape index (κ1) is 32.9. The second-order valence-corrected chi connectivity index (χ2v) is 12.3. The van der Waals surface area contributed by atoms with E-state index in [1.807, 2.05) is 30.3 Å². The highest BCUT2D eigenvalue weighted by molar-refractivity contribution is 8.07. The maximum absolute atomic E-state index is 12.4. The van der Waals surface area contributed by atoms with Crippen molar-refractivity contribution < 1.29 is 23.1 Å². The summed E-state index contributed by atoms with van der Waals surface area (Å²) in [5.41, 5.74) is 13.2. The third-order valence-electron chi connectivity index (χ3n) is 5.66. The van der Waals surface area contributed by atoms with Gasteiger partial charge in [0.2, 0.25) is 0 Å². The molecule has 13 heteroatoms. The molecule has 11 nitrogen and oxygen atoms in total. The number of aromatic nitrogens is 2. The summed E-state index contributed by atoms with van der Waals surface area (Å²) in [6, 6.07) is 9.21. The molecule has 0 saturated carbocycles. The lowest BCUT2D eigenvalue weighted by molar-refractivity contribution is -0.138. The highest BCUT2D eigenvalue weighted by atomic mass is 32.2. The number of carboxylic acid groups (broad SMARTS) is 1. The fourth-order valence-corrected chi connectivity index (χ4v) is 6.08.